The van der Waals surface area contributed by atoms with E-state index in [9.17, 15) is 17.6 Å². The standard InChI is InChI=1S/C14H9ClF4N2/c15-12-5-4-10(14(17,18)19)7-13(12)21-20-8-9-2-1-3-11(16)6-9/h1-8,21H/b20-8-. The third kappa shape index (κ3) is 4.19. The van der Waals surface area contributed by atoms with Crippen molar-refractivity contribution in [3.05, 3.63) is 64.4 Å². The third-order valence-corrected chi connectivity index (χ3v) is 2.87. The monoisotopic (exact) mass is 316 g/mol. The molecule has 1 N–H and O–H groups in total. The maximum atomic E-state index is 12.9. The maximum absolute atomic E-state index is 12.9. The van der Waals surface area contributed by atoms with Crippen LogP contribution in [0.5, 0.6) is 0 Å². The van der Waals surface area contributed by atoms with Crippen molar-refractivity contribution in [2.45, 2.75) is 6.18 Å². The zero-order valence-corrected chi connectivity index (χ0v) is 11.2. The molecule has 0 aliphatic carbocycles. The number of hydrazone groups is 1. The molecule has 0 aromatic heterocycles. The van der Waals surface area contributed by atoms with E-state index in [0.29, 0.717) is 5.56 Å². The molecule has 2 aromatic rings. The van der Waals surface area contributed by atoms with Crippen LogP contribution in [-0.4, -0.2) is 6.21 Å². The minimum absolute atomic E-state index is 0.0131. The number of nitrogens with zero attached hydrogens (tertiary/aromatic N) is 1. The quantitative estimate of drug-likeness (QED) is 0.484. The third-order valence-electron chi connectivity index (χ3n) is 2.54. The first-order valence-corrected chi connectivity index (χ1v) is 6.15. The van der Waals surface area contributed by atoms with Gasteiger partial charge in [0.2, 0.25) is 0 Å². The minimum Gasteiger partial charge on any atom is -0.277 e. The Bertz CT molecular complexity index is 668. The van der Waals surface area contributed by atoms with Crippen LogP contribution in [0.2, 0.25) is 5.02 Å². The lowest BCUT2D eigenvalue weighted by Gasteiger charge is -2.09. The summed E-state index contributed by atoms with van der Waals surface area (Å²) in [5, 5.41) is 3.84. The van der Waals surface area contributed by atoms with Gasteiger partial charge < -0.3 is 0 Å². The van der Waals surface area contributed by atoms with Crippen LogP contribution in [0.3, 0.4) is 0 Å². The highest BCUT2D eigenvalue weighted by Crippen LogP contribution is 2.33. The van der Waals surface area contributed by atoms with E-state index in [-0.39, 0.29) is 10.7 Å². The van der Waals surface area contributed by atoms with Crippen molar-refractivity contribution in [1.82, 2.24) is 0 Å². The number of hydrogen-bond donors (Lipinski definition) is 1. The zero-order valence-electron chi connectivity index (χ0n) is 10.5. The Morgan fingerprint density at radius 3 is 2.52 bits per heavy atom. The molecule has 0 saturated heterocycles. The molecule has 0 spiro atoms. The van der Waals surface area contributed by atoms with Gasteiger partial charge in [-0.25, -0.2) is 4.39 Å². The number of anilines is 1. The Labute approximate surface area is 123 Å². The lowest BCUT2D eigenvalue weighted by atomic mass is 10.2. The molecule has 2 nitrogen and oxygen atoms in total. The lowest BCUT2D eigenvalue weighted by Crippen LogP contribution is -2.05. The molecule has 0 radical (unpaired) electrons. The van der Waals surface area contributed by atoms with Crippen LogP contribution in [0.1, 0.15) is 11.1 Å². The fourth-order valence-electron chi connectivity index (χ4n) is 1.55. The van der Waals surface area contributed by atoms with Crippen molar-refractivity contribution in [1.29, 1.82) is 0 Å². The second-order valence-corrected chi connectivity index (χ2v) is 4.52. The summed E-state index contributed by atoms with van der Waals surface area (Å²) in [5.74, 6) is -0.434. The van der Waals surface area contributed by atoms with Gasteiger partial charge in [-0.1, -0.05) is 23.7 Å². The smallest absolute Gasteiger partial charge is 0.277 e. The molecule has 2 rings (SSSR count). The first-order valence-electron chi connectivity index (χ1n) is 5.77. The number of alkyl halides is 3. The van der Waals surface area contributed by atoms with Gasteiger partial charge in [0.15, 0.2) is 0 Å². The van der Waals surface area contributed by atoms with E-state index in [1.807, 2.05) is 0 Å². The normalized spacial score (nSPS) is 11.9. The lowest BCUT2D eigenvalue weighted by molar-refractivity contribution is -0.137. The molecule has 21 heavy (non-hydrogen) atoms. The van der Waals surface area contributed by atoms with Gasteiger partial charge in [-0.3, -0.25) is 5.43 Å². The van der Waals surface area contributed by atoms with E-state index in [1.165, 1.54) is 24.4 Å². The van der Waals surface area contributed by atoms with E-state index in [0.717, 1.165) is 18.2 Å². The van der Waals surface area contributed by atoms with E-state index < -0.39 is 17.6 Å². The average molecular weight is 317 g/mol. The first-order chi connectivity index (χ1) is 9.86. The molecule has 110 valence electrons. The summed E-state index contributed by atoms with van der Waals surface area (Å²) in [4.78, 5) is 0. The van der Waals surface area contributed by atoms with Gasteiger partial charge in [0.05, 0.1) is 22.5 Å². The van der Waals surface area contributed by atoms with Crippen molar-refractivity contribution >= 4 is 23.5 Å². The predicted molar refractivity (Wildman–Crippen MR) is 74.1 cm³/mol. The number of hydrogen-bond acceptors (Lipinski definition) is 2. The first kappa shape index (κ1) is 15.3. The van der Waals surface area contributed by atoms with Crippen molar-refractivity contribution in [3.8, 4) is 0 Å². The van der Waals surface area contributed by atoms with Gasteiger partial charge >= 0.3 is 6.18 Å². The van der Waals surface area contributed by atoms with Crippen molar-refractivity contribution in [2.75, 3.05) is 5.43 Å². The van der Waals surface area contributed by atoms with E-state index in [4.69, 9.17) is 11.6 Å². The van der Waals surface area contributed by atoms with Crippen molar-refractivity contribution < 1.29 is 17.6 Å². The molecule has 7 heteroatoms. The number of rotatable bonds is 3. The largest absolute Gasteiger partial charge is 0.416 e. The van der Waals surface area contributed by atoms with Crippen LogP contribution in [-0.2, 0) is 6.18 Å². The van der Waals surface area contributed by atoms with Crippen LogP contribution < -0.4 is 5.43 Å². The zero-order chi connectivity index (χ0) is 15.5. The summed E-state index contributed by atoms with van der Waals surface area (Å²) in [5.41, 5.74) is 2.05. The Morgan fingerprint density at radius 1 is 1.10 bits per heavy atom. The molecule has 0 unspecified atom stereocenters. The van der Waals surface area contributed by atoms with E-state index in [2.05, 4.69) is 10.5 Å². The molecule has 0 saturated carbocycles. The molecular weight excluding hydrogens is 308 g/mol. The van der Waals surface area contributed by atoms with Crippen LogP contribution in [0.4, 0.5) is 23.2 Å². The number of benzene rings is 2. The highest BCUT2D eigenvalue weighted by atomic mass is 35.5. The molecule has 0 aliphatic heterocycles. The highest BCUT2D eigenvalue weighted by molar-refractivity contribution is 6.33. The second-order valence-electron chi connectivity index (χ2n) is 4.12. The summed E-state index contributed by atoms with van der Waals surface area (Å²) in [6.45, 7) is 0. The Hall–Kier alpha value is -2.08. The van der Waals surface area contributed by atoms with Crippen molar-refractivity contribution in [2.24, 2.45) is 5.10 Å². The predicted octanol–water partition coefficient (Wildman–Crippen LogP) is 4.94. The van der Waals surface area contributed by atoms with Gasteiger partial charge in [-0.2, -0.15) is 18.3 Å². The number of halogens is 5. The summed E-state index contributed by atoms with van der Waals surface area (Å²) < 4.78 is 50.7. The fraction of sp³-hybridized carbons (Fsp3) is 0.0714. The van der Waals surface area contributed by atoms with Gasteiger partial charge in [0, 0.05) is 0 Å². The van der Waals surface area contributed by atoms with Crippen LogP contribution >= 0.6 is 11.6 Å². The van der Waals surface area contributed by atoms with Gasteiger partial charge in [-0.15, -0.1) is 0 Å². The van der Waals surface area contributed by atoms with Gasteiger partial charge in [-0.05, 0) is 35.9 Å². The van der Waals surface area contributed by atoms with E-state index in [1.54, 1.807) is 6.07 Å². The average Bonchev–Trinajstić information content (AvgIpc) is 2.39. The van der Waals surface area contributed by atoms with E-state index >= 15 is 0 Å². The molecule has 0 aliphatic rings. The minimum atomic E-state index is -4.46. The van der Waals surface area contributed by atoms with Crippen LogP contribution in [0.15, 0.2) is 47.6 Å². The van der Waals surface area contributed by atoms with Crippen molar-refractivity contribution in [3.63, 3.8) is 0 Å². The van der Waals surface area contributed by atoms with Gasteiger partial charge in [0.1, 0.15) is 5.82 Å². The molecule has 0 atom stereocenters. The summed E-state index contributed by atoms with van der Waals surface area (Å²) in [6, 6.07) is 8.46. The maximum Gasteiger partial charge on any atom is 0.416 e. The summed E-state index contributed by atoms with van der Waals surface area (Å²) >= 11 is 5.79. The molecular formula is C14H9ClF4N2. The Kier molecular flexibility index (Phi) is 4.47. The van der Waals surface area contributed by atoms with Gasteiger partial charge in [0.25, 0.3) is 0 Å². The molecule has 2 aromatic carbocycles. The second kappa shape index (κ2) is 6.13. The SMILES string of the molecule is Fc1cccc(/C=N\Nc2cc(C(F)(F)F)ccc2Cl)c1. The summed E-state index contributed by atoms with van der Waals surface area (Å²) in [6.07, 6.45) is -3.19. The highest BCUT2D eigenvalue weighted by Gasteiger charge is 2.30. The van der Waals surface area contributed by atoms with Crippen LogP contribution in [0.25, 0.3) is 0 Å². The Morgan fingerprint density at radius 2 is 1.86 bits per heavy atom. The molecule has 0 amide bonds. The Balaban J connectivity index is 2.16. The molecule has 0 fully saturated rings. The summed E-state index contributed by atoms with van der Waals surface area (Å²) in [7, 11) is 0. The van der Waals surface area contributed by atoms with Crippen LogP contribution in [0, 0.1) is 5.82 Å². The molecule has 0 bridgehead atoms. The fourth-order valence-corrected chi connectivity index (χ4v) is 1.71. The topological polar surface area (TPSA) is 24.4 Å². The molecule has 0 heterocycles. The number of nitrogens with one attached hydrogen (secondary N) is 1.